The van der Waals surface area contributed by atoms with Crippen molar-refractivity contribution < 1.29 is 9.53 Å². The Kier molecular flexibility index (Phi) is 3.84. The van der Waals surface area contributed by atoms with Crippen molar-refractivity contribution in [3.63, 3.8) is 0 Å². The maximum absolute atomic E-state index is 11.2. The first-order valence-corrected chi connectivity index (χ1v) is 7.33. The van der Waals surface area contributed by atoms with E-state index in [1.807, 2.05) is 16.8 Å². The molecule has 0 aliphatic carbocycles. The first kappa shape index (κ1) is 13.9. The fraction of sp³-hybridized carbons (Fsp3) is 0.438. The molecule has 21 heavy (non-hydrogen) atoms. The third-order valence-electron chi connectivity index (χ3n) is 4.04. The lowest BCUT2D eigenvalue weighted by Crippen LogP contribution is -2.20. The Morgan fingerprint density at radius 3 is 2.76 bits per heavy atom. The Morgan fingerprint density at radius 2 is 2.10 bits per heavy atom. The molecule has 5 nitrogen and oxygen atoms in total. The van der Waals surface area contributed by atoms with Crippen LogP contribution in [-0.4, -0.2) is 30.7 Å². The number of primary amides is 1. The summed E-state index contributed by atoms with van der Waals surface area (Å²) in [4.78, 5) is 13.6. The van der Waals surface area contributed by atoms with Gasteiger partial charge in [-0.2, -0.15) is 0 Å². The van der Waals surface area contributed by atoms with Crippen molar-refractivity contribution in [3.05, 3.63) is 30.0 Å². The van der Waals surface area contributed by atoms with Crippen LogP contribution in [0.25, 0.3) is 10.9 Å². The SMILES string of the molecule is COCc1cc2c(ccn2CC(N)=O)cc1N1CCCC1. The molecule has 112 valence electrons. The molecule has 3 rings (SSSR count). The molecule has 0 spiro atoms. The van der Waals surface area contributed by atoms with Crippen molar-refractivity contribution in [2.45, 2.75) is 26.0 Å². The minimum atomic E-state index is -0.329. The summed E-state index contributed by atoms with van der Waals surface area (Å²) in [6, 6.07) is 6.36. The molecule has 2 heterocycles. The van der Waals surface area contributed by atoms with E-state index in [2.05, 4.69) is 17.0 Å². The molecule has 1 aliphatic heterocycles. The third-order valence-corrected chi connectivity index (χ3v) is 4.04. The molecule has 5 heteroatoms. The van der Waals surface area contributed by atoms with Gasteiger partial charge in [-0.05, 0) is 31.0 Å². The predicted octanol–water partition coefficient (Wildman–Crippen LogP) is 1.87. The Labute approximate surface area is 124 Å². The molecule has 0 atom stereocenters. The molecule has 1 saturated heterocycles. The average Bonchev–Trinajstić information content (AvgIpc) is 3.08. The van der Waals surface area contributed by atoms with Crippen LogP contribution in [0.3, 0.4) is 0 Å². The summed E-state index contributed by atoms with van der Waals surface area (Å²) in [7, 11) is 1.71. The van der Waals surface area contributed by atoms with Gasteiger partial charge in [-0.15, -0.1) is 0 Å². The number of hydrogen-bond acceptors (Lipinski definition) is 3. The first-order valence-electron chi connectivity index (χ1n) is 7.33. The van der Waals surface area contributed by atoms with Crippen molar-refractivity contribution in [2.24, 2.45) is 5.73 Å². The fourth-order valence-corrected chi connectivity index (χ4v) is 3.10. The highest BCUT2D eigenvalue weighted by atomic mass is 16.5. The number of carbonyl (C=O) groups is 1. The number of anilines is 1. The minimum absolute atomic E-state index is 0.207. The number of carbonyl (C=O) groups excluding carboxylic acids is 1. The van der Waals surface area contributed by atoms with Crippen LogP contribution in [0, 0.1) is 0 Å². The van der Waals surface area contributed by atoms with Crippen LogP contribution in [-0.2, 0) is 22.7 Å². The number of rotatable bonds is 5. The van der Waals surface area contributed by atoms with Crippen molar-refractivity contribution >= 4 is 22.5 Å². The second-order valence-corrected chi connectivity index (χ2v) is 5.58. The molecule has 1 aromatic heterocycles. The number of benzene rings is 1. The number of nitrogens with two attached hydrogens (primary N) is 1. The Bertz CT molecular complexity index is 657. The summed E-state index contributed by atoms with van der Waals surface area (Å²) in [5.41, 5.74) is 8.75. The lowest BCUT2D eigenvalue weighted by molar-refractivity contribution is -0.118. The maximum Gasteiger partial charge on any atom is 0.237 e. The largest absolute Gasteiger partial charge is 0.380 e. The fourth-order valence-electron chi connectivity index (χ4n) is 3.10. The standard InChI is InChI=1S/C16H21N3O2/c1-21-11-13-9-14-12(4-7-19(14)10-16(17)20)8-15(13)18-5-2-3-6-18/h4,7-9H,2-3,5-6,10-11H2,1H3,(H2,17,20). The van der Waals surface area contributed by atoms with Crippen molar-refractivity contribution in [1.82, 2.24) is 4.57 Å². The molecule has 0 radical (unpaired) electrons. The van der Waals surface area contributed by atoms with Gasteiger partial charge in [0.25, 0.3) is 0 Å². The average molecular weight is 287 g/mol. The van der Waals surface area contributed by atoms with Crippen molar-refractivity contribution in [3.8, 4) is 0 Å². The highest BCUT2D eigenvalue weighted by Gasteiger charge is 2.17. The molecule has 2 aromatic rings. The molecule has 2 N–H and O–H groups in total. The van der Waals surface area contributed by atoms with Crippen LogP contribution in [0.4, 0.5) is 5.69 Å². The van der Waals surface area contributed by atoms with Crippen molar-refractivity contribution in [1.29, 1.82) is 0 Å². The summed E-state index contributed by atoms with van der Waals surface area (Å²) in [5, 5.41) is 1.14. The summed E-state index contributed by atoms with van der Waals surface area (Å²) >= 11 is 0. The van der Waals surface area contributed by atoms with E-state index in [-0.39, 0.29) is 12.5 Å². The zero-order valence-corrected chi connectivity index (χ0v) is 12.3. The predicted molar refractivity (Wildman–Crippen MR) is 83.3 cm³/mol. The molecular formula is C16H21N3O2. The van der Waals surface area contributed by atoms with E-state index in [0.717, 1.165) is 29.6 Å². The van der Waals surface area contributed by atoms with Gasteiger partial charge >= 0.3 is 0 Å². The van der Waals surface area contributed by atoms with E-state index in [1.54, 1.807) is 7.11 Å². The van der Waals surface area contributed by atoms with Crippen LogP contribution in [0.5, 0.6) is 0 Å². The highest BCUT2D eigenvalue weighted by Crippen LogP contribution is 2.30. The van der Waals surface area contributed by atoms with Crippen LogP contribution >= 0.6 is 0 Å². The van der Waals surface area contributed by atoms with Gasteiger partial charge in [0.15, 0.2) is 0 Å². The second-order valence-electron chi connectivity index (χ2n) is 5.58. The Morgan fingerprint density at radius 1 is 1.33 bits per heavy atom. The summed E-state index contributed by atoms with van der Waals surface area (Å²) in [5.74, 6) is -0.329. The number of amides is 1. The van der Waals surface area contributed by atoms with Gasteiger partial charge < -0.3 is 19.9 Å². The van der Waals surface area contributed by atoms with E-state index in [4.69, 9.17) is 10.5 Å². The number of methoxy groups -OCH3 is 1. The van der Waals surface area contributed by atoms with E-state index in [0.29, 0.717) is 6.61 Å². The number of aromatic nitrogens is 1. The van der Waals surface area contributed by atoms with E-state index in [9.17, 15) is 4.79 Å². The number of hydrogen-bond donors (Lipinski definition) is 1. The molecule has 1 aromatic carbocycles. The smallest absolute Gasteiger partial charge is 0.237 e. The van der Waals surface area contributed by atoms with Gasteiger partial charge in [-0.1, -0.05) is 0 Å². The van der Waals surface area contributed by atoms with Crippen molar-refractivity contribution in [2.75, 3.05) is 25.1 Å². The zero-order valence-electron chi connectivity index (χ0n) is 12.3. The highest BCUT2D eigenvalue weighted by molar-refractivity contribution is 5.87. The van der Waals surface area contributed by atoms with Crippen LogP contribution in [0.2, 0.25) is 0 Å². The third kappa shape index (κ3) is 2.74. The molecule has 1 fully saturated rings. The zero-order chi connectivity index (χ0) is 14.8. The molecule has 1 amide bonds. The number of nitrogens with zero attached hydrogens (tertiary/aromatic N) is 2. The van der Waals surface area contributed by atoms with Gasteiger partial charge in [0.1, 0.15) is 6.54 Å². The normalized spacial score (nSPS) is 15.0. The van der Waals surface area contributed by atoms with E-state index in [1.165, 1.54) is 18.5 Å². The number of ether oxygens (including phenoxy) is 1. The topological polar surface area (TPSA) is 60.5 Å². The van der Waals surface area contributed by atoms with E-state index >= 15 is 0 Å². The first-order chi connectivity index (χ1) is 10.2. The maximum atomic E-state index is 11.2. The van der Waals surface area contributed by atoms with Gasteiger partial charge in [0, 0.05) is 48.5 Å². The van der Waals surface area contributed by atoms with E-state index < -0.39 is 0 Å². The summed E-state index contributed by atoms with van der Waals surface area (Å²) in [6.45, 7) is 2.98. The van der Waals surface area contributed by atoms with Crippen LogP contribution in [0.15, 0.2) is 24.4 Å². The van der Waals surface area contributed by atoms with Gasteiger partial charge in [-0.25, -0.2) is 0 Å². The van der Waals surface area contributed by atoms with Gasteiger partial charge in [0.2, 0.25) is 5.91 Å². The quantitative estimate of drug-likeness (QED) is 0.913. The van der Waals surface area contributed by atoms with Gasteiger partial charge in [0.05, 0.1) is 6.61 Å². The lowest BCUT2D eigenvalue weighted by Gasteiger charge is -2.22. The minimum Gasteiger partial charge on any atom is -0.380 e. The Hall–Kier alpha value is -2.01. The molecule has 0 bridgehead atoms. The summed E-state index contributed by atoms with van der Waals surface area (Å²) < 4.78 is 7.24. The number of fused-ring (bicyclic) bond motifs is 1. The van der Waals surface area contributed by atoms with Gasteiger partial charge in [-0.3, -0.25) is 4.79 Å². The summed E-state index contributed by atoms with van der Waals surface area (Å²) in [6.07, 6.45) is 4.40. The van der Waals surface area contributed by atoms with Crippen LogP contribution in [0.1, 0.15) is 18.4 Å². The Balaban J connectivity index is 2.06. The molecule has 0 saturated carbocycles. The molecule has 1 aliphatic rings. The molecule has 0 unspecified atom stereocenters. The van der Waals surface area contributed by atoms with Crippen LogP contribution < -0.4 is 10.6 Å². The lowest BCUT2D eigenvalue weighted by atomic mass is 10.1. The molecular weight excluding hydrogens is 266 g/mol. The monoisotopic (exact) mass is 287 g/mol. The second kappa shape index (κ2) is 5.77.